The minimum absolute atomic E-state index is 0.349. The van der Waals surface area contributed by atoms with Crippen molar-refractivity contribution in [2.24, 2.45) is 5.73 Å². The third-order valence-electron chi connectivity index (χ3n) is 3.56. The molecular weight excluding hydrogens is 224 g/mol. The van der Waals surface area contributed by atoms with Gasteiger partial charge in [0.1, 0.15) is 12.4 Å². The van der Waals surface area contributed by atoms with Crippen molar-refractivity contribution in [1.29, 1.82) is 0 Å². The van der Waals surface area contributed by atoms with Gasteiger partial charge < -0.3 is 10.5 Å². The Bertz CT molecular complexity index is 367. The van der Waals surface area contributed by atoms with E-state index in [0.717, 1.165) is 44.8 Å². The molecule has 0 aromatic heterocycles. The Labute approximate surface area is 110 Å². The Hall–Kier alpha value is -1.06. The van der Waals surface area contributed by atoms with Crippen molar-refractivity contribution in [3.05, 3.63) is 29.8 Å². The van der Waals surface area contributed by atoms with Gasteiger partial charge in [-0.05, 0) is 37.4 Å². The zero-order chi connectivity index (χ0) is 12.8. The highest BCUT2D eigenvalue weighted by Gasteiger charge is 2.16. The molecular formula is C15H24N2O. The van der Waals surface area contributed by atoms with Crippen LogP contribution in [-0.2, 0) is 6.42 Å². The summed E-state index contributed by atoms with van der Waals surface area (Å²) in [5.74, 6) is 1.03. The second-order valence-corrected chi connectivity index (χ2v) is 5.01. The Morgan fingerprint density at radius 3 is 3.00 bits per heavy atom. The number of ether oxygens (including phenoxy) is 1. The van der Waals surface area contributed by atoms with Gasteiger partial charge in [0.05, 0.1) is 0 Å². The molecule has 0 saturated carbocycles. The van der Waals surface area contributed by atoms with Gasteiger partial charge >= 0.3 is 0 Å². The number of rotatable bonds is 5. The van der Waals surface area contributed by atoms with E-state index >= 15 is 0 Å². The van der Waals surface area contributed by atoms with Crippen molar-refractivity contribution in [2.75, 3.05) is 26.2 Å². The van der Waals surface area contributed by atoms with Crippen LogP contribution in [-0.4, -0.2) is 37.2 Å². The minimum atomic E-state index is 0.349. The maximum Gasteiger partial charge on any atom is 0.122 e. The maximum absolute atomic E-state index is 5.97. The van der Waals surface area contributed by atoms with Gasteiger partial charge in [-0.2, -0.15) is 0 Å². The summed E-state index contributed by atoms with van der Waals surface area (Å²) in [4.78, 5) is 2.41. The van der Waals surface area contributed by atoms with E-state index in [-0.39, 0.29) is 0 Å². The molecule has 1 aromatic carbocycles. The van der Waals surface area contributed by atoms with Crippen LogP contribution < -0.4 is 10.5 Å². The highest BCUT2D eigenvalue weighted by molar-refractivity contribution is 5.33. The van der Waals surface area contributed by atoms with Gasteiger partial charge in [-0.15, -0.1) is 0 Å². The van der Waals surface area contributed by atoms with Crippen molar-refractivity contribution in [3.8, 4) is 5.75 Å². The molecule has 1 aromatic rings. The highest BCUT2D eigenvalue weighted by atomic mass is 16.5. The fraction of sp³-hybridized carbons (Fsp3) is 0.600. The van der Waals surface area contributed by atoms with E-state index in [1.807, 2.05) is 6.07 Å². The molecule has 1 heterocycles. The normalized spacial score (nSPS) is 20.9. The number of para-hydroxylation sites is 1. The van der Waals surface area contributed by atoms with Crippen molar-refractivity contribution < 1.29 is 4.74 Å². The topological polar surface area (TPSA) is 38.5 Å². The molecule has 1 atom stereocenters. The van der Waals surface area contributed by atoms with Gasteiger partial charge in [0.25, 0.3) is 0 Å². The lowest BCUT2D eigenvalue weighted by atomic mass is 10.1. The van der Waals surface area contributed by atoms with Crippen LogP contribution in [0.1, 0.15) is 25.3 Å². The molecule has 1 fully saturated rings. The quantitative estimate of drug-likeness (QED) is 0.866. The zero-order valence-electron chi connectivity index (χ0n) is 11.3. The average molecular weight is 248 g/mol. The van der Waals surface area contributed by atoms with Crippen molar-refractivity contribution >= 4 is 0 Å². The molecule has 2 N–H and O–H groups in total. The maximum atomic E-state index is 5.97. The summed E-state index contributed by atoms with van der Waals surface area (Å²) in [5, 5.41) is 0. The molecule has 1 aliphatic rings. The molecule has 18 heavy (non-hydrogen) atoms. The van der Waals surface area contributed by atoms with E-state index < -0.39 is 0 Å². The van der Waals surface area contributed by atoms with E-state index in [0.29, 0.717) is 6.04 Å². The zero-order valence-corrected chi connectivity index (χ0v) is 11.3. The Morgan fingerprint density at radius 1 is 1.39 bits per heavy atom. The van der Waals surface area contributed by atoms with Crippen LogP contribution in [0.2, 0.25) is 0 Å². The summed E-state index contributed by atoms with van der Waals surface area (Å²) in [6.45, 7) is 6.06. The van der Waals surface area contributed by atoms with E-state index in [4.69, 9.17) is 10.5 Å². The first-order valence-electron chi connectivity index (χ1n) is 6.98. The van der Waals surface area contributed by atoms with Crippen molar-refractivity contribution in [3.63, 3.8) is 0 Å². The lowest BCUT2D eigenvalue weighted by Gasteiger charge is -2.30. The molecule has 0 bridgehead atoms. The Morgan fingerprint density at radius 2 is 2.22 bits per heavy atom. The SMILES string of the molecule is CCc1ccccc1OCCN1CCC[C@@H](N)C1. The molecule has 3 heteroatoms. The molecule has 0 unspecified atom stereocenters. The van der Waals surface area contributed by atoms with E-state index in [1.165, 1.54) is 12.0 Å². The molecule has 3 nitrogen and oxygen atoms in total. The average Bonchev–Trinajstić information content (AvgIpc) is 2.39. The molecule has 2 rings (SSSR count). The smallest absolute Gasteiger partial charge is 0.122 e. The summed E-state index contributed by atoms with van der Waals surface area (Å²) in [6.07, 6.45) is 3.40. The number of nitrogens with two attached hydrogens (primary N) is 1. The molecule has 0 amide bonds. The monoisotopic (exact) mass is 248 g/mol. The van der Waals surface area contributed by atoms with Crippen LogP contribution in [0.3, 0.4) is 0 Å². The first-order chi connectivity index (χ1) is 8.79. The van der Waals surface area contributed by atoms with Gasteiger partial charge in [0.2, 0.25) is 0 Å². The van der Waals surface area contributed by atoms with Gasteiger partial charge in [-0.3, -0.25) is 4.90 Å². The van der Waals surface area contributed by atoms with Gasteiger partial charge in [0, 0.05) is 19.1 Å². The second-order valence-electron chi connectivity index (χ2n) is 5.01. The van der Waals surface area contributed by atoms with Crippen LogP contribution in [0.25, 0.3) is 0 Å². The predicted octanol–water partition coefficient (Wildman–Crippen LogP) is 2.05. The second kappa shape index (κ2) is 6.76. The summed E-state index contributed by atoms with van der Waals surface area (Å²) in [6, 6.07) is 8.63. The lowest BCUT2D eigenvalue weighted by molar-refractivity contribution is 0.170. The van der Waals surface area contributed by atoms with E-state index in [9.17, 15) is 0 Å². The molecule has 0 radical (unpaired) electrons. The number of nitrogens with zero attached hydrogens (tertiary/aromatic N) is 1. The number of hydrogen-bond acceptors (Lipinski definition) is 3. The summed E-state index contributed by atoms with van der Waals surface area (Å²) >= 11 is 0. The minimum Gasteiger partial charge on any atom is -0.492 e. The third-order valence-corrected chi connectivity index (χ3v) is 3.56. The summed E-state index contributed by atoms with van der Waals surface area (Å²) < 4.78 is 5.88. The first-order valence-corrected chi connectivity index (χ1v) is 6.98. The number of likely N-dealkylation sites (tertiary alicyclic amines) is 1. The fourth-order valence-electron chi connectivity index (χ4n) is 2.52. The van der Waals surface area contributed by atoms with Crippen LogP contribution >= 0.6 is 0 Å². The van der Waals surface area contributed by atoms with Crippen LogP contribution in [0.4, 0.5) is 0 Å². The molecule has 1 saturated heterocycles. The standard InChI is InChI=1S/C15H24N2O/c1-2-13-6-3-4-8-15(13)18-11-10-17-9-5-7-14(16)12-17/h3-4,6,8,14H,2,5,7,9-12,16H2,1H3/t14-/m1/s1. The largest absolute Gasteiger partial charge is 0.492 e. The Balaban J connectivity index is 1.77. The number of benzene rings is 1. The molecule has 0 aliphatic carbocycles. The number of hydrogen-bond donors (Lipinski definition) is 1. The highest BCUT2D eigenvalue weighted by Crippen LogP contribution is 2.18. The predicted molar refractivity (Wildman–Crippen MR) is 75.0 cm³/mol. The molecule has 100 valence electrons. The van der Waals surface area contributed by atoms with E-state index in [2.05, 4.69) is 30.0 Å². The van der Waals surface area contributed by atoms with Crippen LogP contribution in [0.15, 0.2) is 24.3 Å². The number of piperidine rings is 1. The van der Waals surface area contributed by atoms with E-state index in [1.54, 1.807) is 0 Å². The lowest BCUT2D eigenvalue weighted by Crippen LogP contribution is -2.44. The molecule has 0 spiro atoms. The van der Waals surface area contributed by atoms with Gasteiger partial charge in [-0.1, -0.05) is 25.1 Å². The number of aryl methyl sites for hydroxylation is 1. The molecule has 1 aliphatic heterocycles. The Kier molecular flexibility index (Phi) is 5.02. The summed E-state index contributed by atoms with van der Waals surface area (Å²) in [7, 11) is 0. The summed E-state index contributed by atoms with van der Waals surface area (Å²) in [5.41, 5.74) is 7.26. The van der Waals surface area contributed by atoms with Crippen molar-refractivity contribution in [1.82, 2.24) is 4.90 Å². The van der Waals surface area contributed by atoms with Crippen LogP contribution in [0.5, 0.6) is 5.75 Å². The third kappa shape index (κ3) is 3.72. The van der Waals surface area contributed by atoms with Gasteiger partial charge in [0.15, 0.2) is 0 Å². The van der Waals surface area contributed by atoms with Crippen LogP contribution in [0, 0.1) is 0 Å². The fourth-order valence-corrected chi connectivity index (χ4v) is 2.52. The van der Waals surface area contributed by atoms with Crippen molar-refractivity contribution in [2.45, 2.75) is 32.2 Å². The first kappa shape index (κ1) is 13.4. The van der Waals surface area contributed by atoms with Gasteiger partial charge in [-0.25, -0.2) is 0 Å².